The quantitative estimate of drug-likeness (QED) is 0.648. The topological polar surface area (TPSA) is 73.6 Å². The molecule has 3 aromatic rings. The van der Waals surface area contributed by atoms with Gasteiger partial charge in [0.15, 0.2) is 23.1 Å². The average Bonchev–Trinajstić information content (AvgIpc) is 3.11. The number of hydrogen-bond acceptors (Lipinski definition) is 5. The molecule has 4 rings (SSSR count). The molecule has 0 unspecified atom stereocenters. The number of rotatable bonds is 3. The lowest BCUT2D eigenvalue weighted by Crippen LogP contribution is -2.25. The molecule has 0 fully saturated rings. The molecule has 1 aromatic heterocycles. The zero-order chi connectivity index (χ0) is 20.1. The van der Waals surface area contributed by atoms with Crippen LogP contribution in [0.5, 0.6) is 11.5 Å². The monoisotopic (exact) mass is 406 g/mol. The third-order valence-corrected chi connectivity index (χ3v) is 4.38. The Hall–Kier alpha value is -3.13. The van der Waals surface area contributed by atoms with Crippen molar-refractivity contribution in [2.24, 2.45) is 0 Å². The van der Waals surface area contributed by atoms with Crippen LogP contribution in [0, 0.1) is 13.8 Å². The molecule has 0 spiro atoms. The van der Waals surface area contributed by atoms with Gasteiger partial charge in [0.1, 0.15) is 5.76 Å². The number of ether oxygens (including phenoxy) is 2. The van der Waals surface area contributed by atoms with Gasteiger partial charge in [0.25, 0.3) is 5.91 Å². The van der Waals surface area contributed by atoms with Crippen LogP contribution < -0.4 is 14.8 Å². The molecule has 1 amide bonds. The molecule has 0 aliphatic carbocycles. The maximum Gasteiger partial charge on any atom is 0.586 e. The van der Waals surface area contributed by atoms with Crippen LogP contribution in [0.2, 0.25) is 5.02 Å². The standard InChI is InChI=1S/C19H13ClF2N2O4/c1-9-17(23-10(2)26-9)18(25)24-12-5-3-11(4-6-12)13-7-15-16(8-14(13)20)28-19(21,22)27-15/h3-8H,1-2H3,(H,24,25). The highest BCUT2D eigenvalue weighted by Gasteiger charge is 2.43. The van der Waals surface area contributed by atoms with Crippen molar-refractivity contribution in [3.8, 4) is 22.6 Å². The van der Waals surface area contributed by atoms with Crippen molar-refractivity contribution in [2.45, 2.75) is 20.1 Å². The molecule has 1 N–H and O–H groups in total. The summed E-state index contributed by atoms with van der Waals surface area (Å²) in [6.45, 7) is 3.31. The van der Waals surface area contributed by atoms with Gasteiger partial charge in [0.2, 0.25) is 0 Å². The molecule has 2 aromatic carbocycles. The Morgan fingerprint density at radius 3 is 2.36 bits per heavy atom. The summed E-state index contributed by atoms with van der Waals surface area (Å²) in [4.78, 5) is 16.3. The third-order valence-electron chi connectivity index (χ3n) is 4.06. The molecule has 6 nitrogen and oxygen atoms in total. The summed E-state index contributed by atoms with van der Waals surface area (Å²) in [7, 11) is 0. The fourth-order valence-electron chi connectivity index (χ4n) is 2.86. The number of hydrogen-bond donors (Lipinski definition) is 1. The molecule has 0 saturated heterocycles. The molecule has 2 heterocycles. The summed E-state index contributed by atoms with van der Waals surface area (Å²) in [6.07, 6.45) is -3.71. The Bertz CT molecular complexity index is 1080. The minimum atomic E-state index is -3.71. The number of oxazole rings is 1. The first-order valence-electron chi connectivity index (χ1n) is 8.17. The average molecular weight is 407 g/mol. The van der Waals surface area contributed by atoms with E-state index in [1.807, 2.05) is 0 Å². The minimum Gasteiger partial charge on any atom is -0.445 e. The number of anilines is 1. The lowest BCUT2D eigenvalue weighted by Gasteiger charge is -2.08. The fraction of sp³-hybridized carbons (Fsp3) is 0.158. The smallest absolute Gasteiger partial charge is 0.445 e. The zero-order valence-electron chi connectivity index (χ0n) is 14.7. The van der Waals surface area contributed by atoms with Crippen molar-refractivity contribution >= 4 is 23.2 Å². The third kappa shape index (κ3) is 3.38. The van der Waals surface area contributed by atoms with E-state index in [1.54, 1.807) is 38.1 Å². The predicted molar refractivity (Wildman–Crippen MR) is 97.0 cm³/mol. The van der Waals surface area contributed by atoms with Gasteiger partial charge in [-0.3, -0.25) is 4.79 Å². The molecule has 0 radical (unpaired) electrons. The van der Waals surface area contributed by atoms with Crippen LogP contribution in [0.25, 0.3) is 11.1 Å². The molecule has 0 saturated carbocycles. The van der Waals surface area contributed by atoms with Crippen molar-refractivity contribution in [3.63, 3.8) is 0 Å². The van der Waals surface area contributed by atoms with E-state index in [4.69, 9.17) is 16.0 Å². The SMILES string of the molecule is Cc1nc(C(=O)Nc2ccc(-c3cc4c(cc3Cl)OC(F)(F)O4)cc2)c(C)o1. The first kappa shape index (κ1) is 18.2. The summed E-state index contributed by atoms with van der Waals surface area (Å²) < 4.78 is 40.5. The number of fused-ring (bicyclic) bond motifs is 1. The van der Waals surface area contributed by atoms with E-state index in [-0.39, 0.29) is 22.2 Å². The van der Waals surface area contributed by atoms with Gasteiger partial charge in [-0.05, 0) is 30.7 Å². The van der Waals surface area contributed by atoms with Crippen LogP contribution in [-0.2, 0) is 0 Å². The Balaban J connectivity index is 1.56. The van der Waals surface area contributed by atoms with E-state index in [1.165, 1.54) is 12.1 Å². The number of benzene rings is 2. The normalized spacial score (nSPS) is 14.2. The second-order valence-electron chi connectivity index (χ2n) is 6.12. The highest BCUT2D eigenvalue weighted by Crippen LogP contribution is 2.46. The summed E-state index contributed by atoms with van der Waals surface area (Å²) in [6, 6.07) is 9.36. The van der Waals surface area contributed by atoms with E-state index in [0.29, 0.717) is 28.5 Å². The molecule has 1 aliphatic rings. The molecular formula is C19H13ClF2N2O4. The van der Waals surface area contributed by atoms with E-state index in [2.05, 4.69) is 19.8 Å². The Morgan fingerprint density at radius 1 is 1.11 bits per heavy atom. The summed E-state index contributed by atoms with van der Waals surface area (Å²) in [5, 5.41) is 2.95. The Labute approximate surface area is 163 Å². The van der Waals surface area contributed by atoms with Crippen LogP contribution in [0.15, 0.2) is 40.8 Å². The molecule has 9 heteroatoms. The largest absolute Gasteiger partial charge is 0.586 e. The zero-order valence-corrected chi connectivity index (χ0v) is 15.4. The van der Waals surface area contributed by atoms with Crippen LogP contribution in [0.4, 0.5) is 14.5 Å². The van der Waals surface area contributed by atoms with Gasteiger partial charge >= 0.3 is 6.29 Å². The van der Waals surface area contributed by atoms with E-state index < -0.39 is 12.2 Å². The van der Waals surface area contributed by atoms with Crippen molar-refractivity contribution in [3.05, 3.63) is 58.8 Å². The van der Waals surface area contributed by atoms with Crippen molar-refractivity contribution in [1.82, 2.24) is 4.98 Å². The number of alkyl halides is 2. The predicted octanol–water partition coefficient (Wildman–Crippen LogP) is 5.19. The van der Waals surface area contributed by atoms with Crippen molar-refractivity contribution in [1.29, 1.82) is 0 Å². The van der Waals surface area contributed by atoms with Crippen molar-refractivity contribution in [2.75, 3.05) is 5.32 Å². The fourth-order valence-corrected chi connectivity index (χ4v) is 3.12. The summed E-state index contributed by atoms with van der Waals surface area (Å²) in [5.41, 5.74) is 1.87. The second kappa shape index (κ2) is 6.49. The minimum absolute atomic E-state index is 0.0985. The van der Waals surface area contributed by atoms with Crippen LogP contribution >= 0.6 is 11.6 Å². The van der Waals surface area contributed by atoms with Crippen LogP contribution in [0.1, 0.15) is 22.1 Å². The maximum atomic E-state index is 13.2. The van der Waals surface area contributed by atoms with Gasteiger partial charge in [-0.25, -0.2) is 4.98 Å². The lowest BCUT2D eigenvalue weighted by atomic mass is 10.0. The molecule has 1 aliphatic heterocycles. The van der Waals surface area contributed by atoms with Crippen LogP contribution in [-0.4, -0.2) is 17.2 Å². The van der Waals surface area contributed by atoms with E-state index in [0.717, 1.165) is 0 Å². The molecule has 0 bridgehead atoms. The first-order chi connectivity index (χ1) is 13.2. The molecule has 0 atom stereocenters. The number of carbonyl (C=O) groups is 1. The van der Waals surface area contributed by atoms with Crippen LogP contribution in [0.3, 0.4) is 0 Å². The number of halogens is 3. The number of amides is 1. The van der Waals surface area contributed by atoms with Crippen molar-refractivity contribution < 1.29 is 27.5 Å². The van der Waals surface area contributed by atoms with Gasteiger partial charge in [-0.1, -0.05) is 23.7 Å². The number of carbonyl (C=O) groups excluding carboxylic acids is 1. The van der Waals surface area contributed by atoms with Gasteiger partial charge < -0.3 is 19.2 Å². The van der Waals surface area contributed by atoms with E-state index >= 15 is 0 Å². The molecular weight excluding hydrogens is 394 g/mol. The van der Waals surface area contributed by atoms with Gasteiger partial charge in [-0.15, -0.1) is 8.78 Å². The lowest BCUT2D eigenvalue weighted by molar-refractivity contribution is -0.286. The van der Waals surface area contributed by atoms with Gasteiger partial charge in [0.05, 0.1) is 5.02 Å². The highest BCUT2D eigenvalue weighted by molar-refractivity contribution is 6.33. The first-order valence-corrected chi connectivity index (χ1v) is 8.55. The Morgan fingerprint density at radius 2 is 1.75 bits per heavy atom. The molecule has 28 heavy (non-hydrogen) atoms. The highest BCUT2D eigenvalue weighted by atomic mass is 35.5. The molecule has 144 valence electrons. The number of aromatic nitrogens is 1. The summed E-state index contributed by atoms with van der Waals surface area (Å²) >= 11 is 6.19. The number of nitrogens with one attached hydrogen (secondary N) is 1. The summed E-state index contributed by atoms with van der Waals surface area (Å²) in [5.74, 6) is 0.210. The maximum absolute atomic E-state index is 13.2. The van der Waals surface area contributed by atoms with Gasteiger partial charge in [-0.2, -0.15) is 0 Å². The second-order valence-corrected chi connectivity index (χ2v) is 6.52. The van der Waals surface area contributed by atoms with E-state index in [9.17, 15) is 13.6 Å². The Kier molecular flexibility index (Phi) is 4.23. The number of nitrogens with zero attached hydrogens (tertiary/aromatic N) is 1. The van der Waals surface area contributed by atoms with Gasteiger partial charge in [0, 0.05) is 24.2 Å². The number of aryl methyl sites for hydroxylation is 2.